The Morgan fingerprint density at radius 1 is 1.12 bits per heavy atom. The summed E-state index contributed by atoms with van der Waals surface area (Å²) in [7, 11) is 0. The fraction of sp³-hybridized carbons (Fsp3) is 0.150. The molecule has 0 amide bonds. The van der Waals surface area contributed by atoms with Crippen molar-refractivity contribution in [2.24, 2.45) is 0 Å². The lowest BCUT2D eigenvalue weighted by atomic mass is 10.2. The number of aryl methyl sites for hydroxylation is 2. The number of nitriles is 1. The van der Waals surface area contributed by atoms with E-state index in [2.05, 4.69) is 45.7 Å². The number of rotatable bonds is 3. The molecule has 0 saturated carbocycles. The van der Waals surface area contributed by atoms with Crippen LogP contribution in [-0.2, 0) is 6.54 Å². The summed E-state index contributed by atoms with van der Waals surface area (Å²) >= 11 is 0. The summed E-state index contributed by atoms with van der Waals surface area (Å²) in [5.41, 5.74) is 6.78. The second kappa shape index (κ2) is 5.91. The molecular weight excluding hydrogens is 310 g/mol. The molecule has 3 heterocycles. The Balaban J connectivity index is 1.65. The van der Waals surface area contributed by atoms with Crippen LogP contribution in [0.4, 0.5) is 0 Å². The molecule has 0 spiro atoms. The van der Waals surface area contributed by atoms with E-state index in [1.54, 1.807) is 0 Å². The standard InChI is InChI=1S/C20H17N5/c1-14-10-15(2)23-20-19(14)22-13-24(20)12-16-5-7-17(8-6-16)25-9-3-4-18(25)11-21/h3-10,13H,12H2,1-2H3. The second-order valence-corrected chi connectivity index (χ2v) is 6.17. The lowest BCUT2D eigenvalue weighted by Crippen LogP contribution is -2.01. The molecule has 0 bridgehead atoms. The Kier molecular flexibility index (Phi) is 3.58. The summed E-state index contributed by atoms with van der Waals surface area (Å²) < 4.78 is 3.95. The van der Waals surface area contributed by atoms with Crippen molar-refractivity contribution >= 4 is 11.2 Å². The summed E-state index contributed by atoms with van der Waals surface area (Å²) in [6.07, 6.45) is 3.74. The smallest absolute Gasteiger partial charge is 0.160 e. The van der Waals surface area contributed by atoms with Gasteiger partial charge in [-0.15, -0.1) is 0 Å². The lowest BCUT2D eigenvalue weighted by molar-refractivity contribution is 0.812. The summed E-state index contributed by atoms with van der Waals surface area (Å²) in [5, 5.41) is 9.15. The molecule has 25 heavy (non-hydrogen) atoms. The van der Waals surface area contributed by atoms with Gasteiger partial charge >= 0.3 is 0 Å². The third-order valence-electron chi connectivity index (χ3n) is 4.32. The first kappa shape index (κ1) is 15.2. The molecule has 122 valence electrons. The van der Waals surface area contributed by atoms with E-state index in [1.165, 1.54) is 0 Å². The van der Waals surface area contributed by atoms with E-state index in [0.29, 0.717) is 12.2 Å². The van der Waals surface area contributed by atoms with E-state index in [1.807, 2.05) is 48.3 Å². The molecule has 0 aliphatic rings. The average molecular weight is 327 g/mol. The third kappa shape index (κ3) is 2.68. The fourth-order valence-corrected chi connectivity index (χ4v) is 3.12. The van der Waals surface area contributed by atoms with E-state index in [-0.39, 0.29) is 0 Å². The third-order valence-corrected chi connectivity index (χ3v) is 4.32. The highest BCUT2D eigenvalue weighted by atomic mass is 15.1. The van der Waals surface area contributed by atoms with Gasteiger partial charge < -0.3 is 9.13 Å². The minimum atomic E-state index is 0.628. The molecular formula is C20H17N5. The molecule has 0 atom stereocenters. The maximum absolute atomic E-state index is 9.15. The van der Waals surface area contributed by atoms with Gasteiger partial charge in [-0.25, -0.2) is 9.97 Å². The van der Waals surface area contributed by atoms with Crippen molar-refractivity contribution in [3.05, 3.63) is 77.5 Å². The number of nitrogens with zero attached hydrogens (tertiary/aromatic N) is 5. The number of benzene rings is 1. The SMILES string of the molecule is Cc1cc(C)c2ncn(Cc3ccc(-n4cccc4C#N)cc3)c2n1. The van der Waals surface area contributed by atoms with Crippen LogP contribution in [0.2, 0.25) is 0 Å². The van der Waals surface area contributed by atoms with Crippen molar-refractivity contribution in [2.75, 3.05) is 0 Å². The molecule has 0 radical (unpaired) electrons. The van der Waals surface area contributed by atoms with Crippen LogP contribution < -0.4 is 0 Å². The highest BCUT2D eigenvalue weighted by Crippen LogP contribution is 2.18. The summed E-state index contributed by atoms with van der Waals surface area (Å²) in [6.45, 7) is 4.78. The number of hydrogen-bond acceptors (Lipinski definition) is 3. The van der Waals surface area contributed by atoms with E-state index in [9.17, 15) is 0 Å². The van der Waals surface area contributed by atoms with Crippen LogP contribution in [0.25, 0.3) is 16.9 Å². The van der Waals surface area contributed by atoms with Crippen LogP contribution in [0, 0.1) is 25.2 Å². The molecule has 0 N–H and O–H groups in total. The number of aromatic nitrogens is 4. The molecule has 0 fully saturated rings. The fourth-order valence-electron chi connectivity index (χ4n) is 3.12. The van der Waals surface area contributed by atoms with Gasteiger partial charge in [0.05, 0.1) is 12.9 Å². The van der Waals surface area contributed by atoms with E-state index in [0.717, 1.165) is 33.7 Å². The van der Waals surface area contributed by atoms with Crippen LogP contribution in [0.5, 0.6) is 0 Å². The van der Waals surface area contributed by atoms with Crippen molar-refractivity contribution in [3.8, 4) is 11.8 Å². The van der Waals surface area contributed by atoms with Crippen LogP contribution >= 0.6 is 0 Å². The van der Waals surface area contributed by atoms with Crippen molar-refractivity contribution < 1.29 is 0 Å². The van der Waals surface area contributed by atoms with Gasteiger partial charge in [0.25, 0.3) is 0 Å². The molecule has 5 heteroatoms. The average Bonchev–Trinajstić information content (AvgIpc) is 3.23. The molecule has 3 aromatic heterocycles. The van der Waals surface area contributed by atoms with Crippen molar-refractivity contribution in [2.45, 2.75) is 20.4 Å². The Morgan fingerprint density at radius 3 is 2.68 bits per heavy atom. The van der Waals surface area contributed by atoms with Crippen LogP contribution in [-0.4, -0.2) is 19.1 Å². The quantitative estimate of drug-likeness (QED) is 0.575. The molecule has 0 saturated heterocycles. The molecule has 4 aromatic rings. The summed E-state index contributed by atoms with van der Waals surface area (Å²) in [4.78, 5) is 9.13. The van der Waals surface area contributed by atoms with E-state index >= 15 is 0 Å². The zero-order chi connectivity index (χ0) is 17.4. The van der Waals surface area contributed by atoms with Gasteiger partial charge in [-0.2, -0.15) is 5.26 Å². The number of pyridine rings is 1. The zero-order valence-electron chi connectivity index (χ0n) is 14.1. The van der Waals surface area contributed by atoms with Gasteiger partial charge in [-0.05, 0) is 55.3 Å². The van der Waals surface area contributed by atoms with Crippen LogP contribution in [0.3, 0.4) is 0 Å². The maximum atomic E-state index is 9.15. The number of hydrogen-bond donors (Lipinski definition) is 0. The molecule has 0 aliphatic heterocycles. The Bertz CT molecular complexity index is 1090. The number of fused-ring (bicyclic) bond motifs is 1. The Morgan fingerprint density at radius 2 is 1.92 bits per heavy atom. The highest BCUT2D eigenvalue weighted by Gasteiger charge is 2.09. The minimum Gasteiger partial charge on any atom is -0.311 e. The van der Waals surface area contributed by atoms with E-state index in [4.69, 9.17) is 5.26 Å². The van der Waals surface area contributed by atoms with Crippen molar-refractivity contribution in [1.29, 1.82) is 5.26 Å². The predicted octanol–water partition coefficient (Wildman–Crippen LogP) is 3.76. The van der Waals surface area contributed by atoms with Gasteiger partial charge in [0.1, 0.15) is 17.3 Å². The summed E-state index contributed by atoms with van der Waals surface area (Å²) in [5.74, 6) is 0. The van der Waals surface area contributed by atoms with Gasteiger partial charge in [0.15, 0.2) is 5.65 Å². The predicted molar refractivity (Wildman–Crippen MR) is 96.6 cm³/mol. The van der Waals surface area contributed by atoms with E-state index < -0.39 is 0 Å². The Hall–Kier alpha value is -3.39. The lowest BCUT2D eigenvalue weighted by Gasteiger charge is -2.08. The molecule has 5 nitrogen and oxygen atoms in total. The van der Waals surface area contributed by atoms with Gasteiger partial charge in [0.2, 0.25) is 0 Å². The Labute approximate surface area is 145 Å². The molecule has 0 unspecified atom stereocenters. The van der Waals surface area contributed by atoms with Crippen LogP contribution in [0.15, 0.2) is 55.0 Å². The van der Waals surface area contributed by atoms with Crippen molar-refractivity contribution in [1.82, 2.24) is 19.1 Å². The van der Waals surface area contributed by atoms with Gasteiger partial charge in [0, 0.05) is 17.6 Å². The molecule has 1 aromatic carbocycles. The second-order valence-electron chi connectivity index (χ2n) is 6.17. The monoisotopic (exact) mass is 327 g/mol. The summed E-state index contributed by atoms with van der Waals surface area (Å²) in [6, 6.07) is 16.1. The first-order valence-electron chi connectivity index (χ1n) is 8.11. The zero-order valence-corrected chi connectivity index (χ0v) is 14.1. The molecule has 0 aliphatic carbocycles. The normalized spacial score (nSPS) is 10.9. The van der Waals surface area contributed by atoms with Gasteiger partial charge in [-0.3, -0.25) is 0 Å². The largest absolute Gasteiger partial charge is 0.311 e. The number of imidazole rings is 1. The first-order valence-corrected chi connectivity index (χ1v) is 8.11. The molecule has 4 rings (SSSR count). The highest BCUT2D eigenvalue weighted by molar-refractivity contribution is 5.75. The van der Waals surface area contributed by atoms with Crippen LogP contribution in [0.1, 0.15) is 22.5 Å². The first-order chi connectivity index (χ1) is 12.2. The van der Waals surface area contributed by atoms with Gasteiger partial charge in [-0.1, -0.05) is 12.1 Å². The minimum absolute atomic E-state index is 0.628. The maximum Gasteiger partial charge on any atom is 0.160 e. The van der Waals surface area contributed by atoms with Crippen molar-refractivity contribution in [3.63, 3.8) is 0 Å². The topological polar surface area (TPSA) is 59.4 Å².